The zero-order valence-corrected chi connectivity index (χ0v) is 23.9. The van der Waals surface area contributed by atoms with Gasteiger partial charge in [0.05, 0.1) is 43.0 Å². The van der Waals surface area contributed by atoms with E-state index in [1.165, 1.54) is 0 Å². The monoisotopic (exact) mass is 550 g/mol. The number of anilines is 1. The van der Waals surface area contributed by atoms with E-state index >= 15 is 0 Å². The van der Waals surface area contributed by atoms with Crippen LogP contribution in [-0.4, -0.2) is 45.1 Å². The number of aromatic nitrogens is 5. The SMILES string of the molecule is COc1ccc(CN2Cc3cccnc3OCCCOc3ncccc3-c3cc2c2c(n3)c(C)nn2C(C)C)cc1. The first-order chi connectivity index (χ1) is 20.0. The Balaban J connectivity index is 1.60. The number of hydrogen-bond acceptors (Lipinski definition) is 8. The molecule has 0 radical (unpaired) electrons. The van der Waals surface area contributed by atoms with Crippen LogP contribution in [0.3, 0.4) is 0 Å². The van der Waals surface area contributed by atoms with E-state index in [-0.39, 0.29) is 6.04 Å². The van der Waals surface area contributed by atoms with Gasteiger partial charge in [-0.1, -0.05) is 18.2 Å². The molecular formula is C32H34N6O3. The number of nitrogens with zero attached hydrogens (tertiary/aromatic N) is 6. The average Bonchev–Trinajstić information content (AvgIpc) is 3.33. The molecule has 1 aliphatic heterocycles. The molecule has 0 saturated carbocycles. The fraction of sp³-hybridized carbons (Fsp3) is 0.312. The predicted octanol–water partition coefficient (Wildman–Crippen LogP) is 6.15. The van der Waals surface area contributed by atoms with Crippen LogP contribution in [0.25, 0.3) is 22.3 Å². The van der Waals surface area contributed by atoms with Crippen LogP contribution in [-0.2, 0) is 13.1 Å². The molecule has 41 heavy (non-hydrogen) atoms. The van der Waals surface area contributed by atoms with Crippen LogP contribution in [0, 0.1) is 6.92 Å². The van der Waals surface area contributed by atoms with E-state index < -0.39 is 0 Å². The van der Waals surface area contributed by atoms with Crippen molar-refractivity contribution in [1.29, 1.82) is 0 Å². The molecular weight excluding hydrogens is 516 g/mol. The van der Waals surface area contributed by atoms with Gasteiger partial charge in [0.2, 0.25) is 11.8 Å². The molecule has 2 bridgehead atoms. The fourth-order valence-electron chi connectivity index (χ4n) is 5.17. The molecule has 0 unspecified atom stereocenters. The summed E-state index contributed by atoms with van der Waals surface area (Å²) in [6.45, 7) is 8.46. The van der Waals surface area contributed by atoms with Gasteiger partial charge in [-0.2, -0.15) is 5.10 Å². The molecule has 0 N–H and O–H groups in total. The van der Waals surface area contributed by atoms with E-state index in [4.69, 9.17) is 24.3 Å². The Labute approximate surface area is 239 Å². The topological polar surface area (TPSA) is 87.4 Å². The quantitative estimate of drug-likeness (QED) is 0.263. The second kappa shape index (κ2) is 11.4. The van der Waals surface area contributed by atoms with Crippen molar-refractivity contribution in [2.24, 2.45) is 0 Å². The summed E-state index contributed by atoms with van der Waals surface area (Å²) in [5.41, 5.74) is 7.51. The van der Waals surface area contributed by atoms with Crippen molar-refractivity contribution in [3.05, 3.63) is 83.8 Å². The summed E-state index contributed by atoms with van der Waals surface area (Å²) in [6, 6.07) is 18.4. The van der Waals surface area contributed by atoms with E-state index in [0.717, 1.165) is 50.5 Å². The molecule has 4 aromatic heterocycles. The van der Waals surface area contributed by atoms with Crippen molar-refractivity contribution in [2.75, 3.05) is 25.2 Å². The molecule has 0 spiro atoms. The molecule has 0 atom stereocenters. The van der Waals surface area contributed by atoms with Gasteiger partial charge in [0, 0.05) is 43.5 Å². The number of fused-ring (bicyclic) bond motifs is 7. The minimum atomic E-state index is 0.139. The van der Waals surface area contributed by atoms with Gasteiger partial charge in [0.25, 0.3) is 0 Å². The summed E-state index contributed by atoms with van der Waals surface area (Å²) < 4.78 is 19.8. The minimum Gasteiger partial charge on any atom is -0.497 e. The van der Waals surface area contributed by atoms with Crippen molar-refractivity contribution < 1.29 is 14.2 Å². The van der Waals surface area contributed by atoms with Gasteiger partial charge in [0.15, 0.2) is 0 Å². The van der Waals surface area contributed by atoms with Crippen LogP contribution in [0.15, 0.2) is 67.0 Å². The molecule has 0 aliphatic carbocycles. The Morgan fingerprint density at radius 2 is 1.68 bits per heavy atom. The van der Waals surface area contributed by atoms with Gasteiger partial charge in [-0.05, 0) is 62.7 Å². The Morgan fingerprint density at radius 3 is 2.44 bits per heavy atom. The summed E-state index contributed by atoms with van der Waals surface area (Å²) >= 11 is 0. The number of aryl methyl sites for hydroxylation is 1. The number of benzene rings is 1. The second-order valence-electron chi connectivity index (χ2n) is 10.4. The zero-order chi connectivity index (χ0) is 28.3. The third-order valence-electron chi connectivity index (χ3n) is 7.19. The third kappa shape index (κ3) is 5.39. The van der Waals surface area contributed by atoms with Gasteiger partial charge < -0.3 is 19.1 Å². The molecule has 0 fully saturated rings. The number of methoxy groups -OCH3 is 1. The fourth-order valence-corrected chi connectivity index (χ4v) is 5.17. The largest absolute Gasteiger partial charge is 0.497 e. The lowest BCUT2D eigenvalue weighted by Gasteiger charge is -2.28. The number of pyridine rings is 3. The molecule has 0 saturated heterocycles. The highest BCUT2D eigenvalue weighted by Gasteiger charge is 2.24. The van der Waals surface area contributed by atoms with Crippen LogP contribution in [0.4, 0.5) is 5.69 Å². The van der Waals surface area contributed by atoms with Crippen molar-refractivity contribution in [1.82, 2.24) is 24.7 Å². The normalized spacial score (nSPS) is 13.6. The molecule has 9 heteroatoms. The first-order valence-corrected chi connectivity index (χ1v) is 13.9. The first kappa shape index (κ1) is 26.6. The lowest BCUT2D eigenvalue weighted by atomic mass is 10.1. The second-order valence-corrected chi connectivity index (χ2v) is 10.4. The van der Waals surface area contributed by atoms with Crippen LogP contribution >= 0.6 is 0 Å². The van der Waals surface area contributed by atoms with E-state index in [2.05, 4.69) is 57.7 Å². The van der Waals surface area contributed by atoms with Gasteiger partial charge >= 0.3 is 0 Å². The molecule has 1 aromatic carbocycles. The molecule has 5 heterocycles. The Hall–Kier alpha value is -4.66. The smallest absolute Gasteiger partial charge is 0.222 e. The van der Waals surface area contributed by atoms with Gasteiger partial charge in [-0.25, -0.2) is 15.0 Å². The van der Waals surface area contributed by atoms with Gasteiger partial charge in [-0.3, -0.25) is 4.68 Å². The van der Waals surface area contributed by atoms with Crippen LogP contribution in [0.1, 0.15) is 43.1 Å². The predicted molar refractivity (Wildman–Crippen MR) is 159 cm³/mol. The molecule has 5 aromatic rings. The maximum atomic E-state index is 6.17. The molecule has 1 aliphatic rings. The lowest BCUT2D eigenvalue weighted by molar-refractivity contribution is 0.236. The summed E-state index contributed by atoms with van der Waals surface area (Å²) in [6.07, 6.45) is 4.21. The molecule has 0 amide bonds. The van der Waals surface area contributed by atoms with E-state index in [0.29, 0.717) is 44.5 Å². The van der Waals surface area contributed by atoms with Crippen LogP contribution < -0.4 is 19.1 Å². The zero-order valence-electron chi connectivity index (χ0n) is 23.9. The third-order valence-corrected chi connectivity index (χ3v) is 7.19. The van der Waals surface area contributed by atoms with Crippen molar-refractivity contribution in [3.8, 4) is 28.8 Å². The number of ether oxygens (including phenoxy) is 3. The summed E-state index contributed by atoms with van der Waals surface area (Å²) in [5.74, 6) is 2.00. The Bertz CT molecular complexity index is 1660. The molecule has 210 valence electrons. The molecule has 9 nitrogen and oxygen atoms in total. The number of rotatable bonds is 4. The summed E-state index contributed by atoms with van der Waals surface area (Å²) in [5, 5.41) is 4.93. The van der Waals surface area contributed by atoms with Crippen molar-refractivity contribution in [2.45, 2.75) is 46.3 Å². The summed E-state index contributed by atoms with van der Waals surface area (Å²) in [4.78, 5) is 16.6. The maximum Gasteiger partial charge on any atom is 0.222 e. The van der Waals surface area contributed by atoms with Crippen LogP contribution in [0.5, 0.6) is 17.5 Å². The van der Waals surface area contributed by atoms with E-state index in [1.54, 1.807) is 19.5 Å². The number of hydrogen-bond donors (Lipinski definition) is 0. The van der Waals surface area contributed by atoms with Gasteiger partial charge in [0.1, 0.15) is 16.8 Å². The standard InChI is InChI=1S/C32H34N6O3/c1-21(2)38-30-28-18-27(35-29(30)22(3)36-38)26-9-6-15-34-32(26)41-17-7-16-40-31-24(8-5-14-33-31)20-37(28)19-23-10-12-25(39-4)13-11-23/h5-6,8-15,18,21H,7,16-17,19-20H2,1-4H3. The Morgan fingerprint density at radius 1 is 0.951 bits per heavy atom. The van der Waals surface area contributed by atoms with Gasteiger partial charge in [-0.15, -0.1) is 0 Å². The lowest BCUT2D eigenvalue weighted by Crippen LogP contribution is -2.24. The highest BCUT2D eigenvalue weighted by Crippen LogP contribution is 2.38. The first-order valence-electron chi connectivity index (χ1n) is 13.9. The highest BCUT2D eigenvalue weighted by atomic mass is 16.5. The molecule has 6 rings (SSSR count). The maximum absolute atomic E-state index is 6.17. The van der Waals surface area contributed by atoms with Crippen LogP contribution in [0.2, 0.25) is 0 Å². The van der Waals surface area contributed by atoms with Crippen molar-refractivity contribution >= 4 is 16.7 Å². The van der Waals surface area contributed by atoms with E-state index in [9.17, 15) is 0 Å². The minimum absolute atomic E-state index is 0.139. The Kier molecular flexibility index (Phi) is 7.41. The average molecular weight is 551 g/mol. The summed E-state index contributed by atoms with van der Waals surface area (Å²) in [7, 11) is 1.68. The van der Waals surface area contributed by atoms with Crippen molar-refractivity contribution in [3.63, 3.8) is 0 Å². The van der Waals surface area contributed by atoms with E-state index in [1.807, 2.05) is 37.3 Å². The highest BCUT2D eigenvalue weighted by molar-refractivity contribution is 5.93.